The molecule has 0 aliphatic carbocycles. The van der Waals surface area contributed by atoms with Gasteiger partial charge in [0.2, 0.25) is 0 Å². The number of ether oxygens (including phenoxy) is 3. The van der Waals surface area contributed by atoms with Crippen LogP contribution >= 0.6 is 0 Å². The summed E-state index contributed by atoms with van der Waals surface area (Å²) in [5.74, 6) is 0. The summed E-state index contributed by atoms with van der Waals surface area (Å²) in [6.07, 6.45) is 2.87. The number of hydrogen-bond donors (Lipinski definition) is 0. The lowest BCUT2D eigenvalue weighted by atomic mass is 10.1. The first-order valence-corrected chi connectivity index (χ1v) is 7.04. The van der Waals surface area contributed by atoms with E-state index in [4.69, 9.17) is 14.2 Å². The lowest BCUT2D eigenvalue weighted by Gasteiger charge is -2.08. The van der Waals surface area contributed by atoms with E-state index in [0.29, 0.717) is 33.0 Å². The molecule has 0 aliphatic rings. The largest absolute Gasteiger partial charge is 0.382 e. The fourth-order valence-electron chi connectivity index (χ4n) is 2.17. The van der Waals surface area contributed by atoms with Gasteiger partial charge in [0.25, 0.3) is 0 Å². The van der Waals surface area contributed by atoms with E-state index < -0.39 is 0 Å². The molecule has 5 nitrogen and oxygen atoms in total. The molecule has 0 fully saturated rings. The van der Waals surface area contributed by atoms with E-state index in [2.05, 4.69) is 4.57 Å². The van der Waals surface area contributed by atoms with Gasteiger partial charge < -0.3 is 18.8 Å². The second-order valence-corrected chi connectivity index (χ2v) is 4.62. The number of methoxy groups -OCH3 is 1. The van der Waals surface area contributed by atoms with Crippen LogP contribution in [-0.4, -0.2) is 51.0 Å². The number of aldehydes is 1. The highest BCUT2D eigenvalue weighted by atomic mass is 16.5. The van der Waals surface area contributed by atoms with E-state index in [-0.39, 0.29) is 0 Å². The summed E-state index contributed by atoms with van der Waals surface area (Å²) in [6, 6.07) is 7.70. The van der Waals surface area contributed by atoms with Crippen molar-refractivity contribution in [2.75, 3.05) is 40.1 Å². The molecular formula is C16H21NO4. The Morgan fingerprint density at radius 3 is 2.57 bits per heavy atom. The van der Waals surface area contributed by atoms with Crippen molar-refractivity contribution in [3.05, 3.63) is 36.0 Å². The minimum Gasteiger partial charge on any atom is -0.382 e. The normalized spacial score (nSPS) is 11.1. The van der Waals surface area contributed by atoms with Crippen LogP contribution in [-0.2, 0) is 20.8 Å². The third kappa shape index (κ3) is 4.39. The van der Waals surface area contributed by atoms with Gasteiger partial charge in [0.1, 0.15) is 0 Å². The van der Waals surface area contributed by atoms with Crippen LogP contribution in [0.5, 0.6) is 0 Å². The summed E-state index contributed by atoms with van der Waals surface area (Å²) in [7, 11) is 1.65. The van der Waals surface area contributed by atoms with Gasteiger partial charge in [-0.2, -0.15) is 0 Å². The molecule has 2 aromatic rings. The fraction of sp³-hybridized carbons (Fsp3) is 0.438. The zero-order chi connectivity index (χ0) is 14.9. The highest BCUT2D eigenvalue weighted by molar-refractivity contribution is 5.97. The van der Waals surface area contributed by atoms with Gasteiger partial charge >= 0.3 is 0 Å². The van der Waals surface area contributed by atoms with Gasteiger partial charge in [-0.15, -0.1) is 0 Å². The van der Waals surface area contributed by atoms with Crippen LogP contribution < -0.4 is 0 Å². The van der Waals surface area contributed by atoms with Crippen molar-refractivity contribution in [2.24, 2.45) is 0 Å². The van der Waals surface area contributed by atoms with Gasteiger partial charge in [0.15, 0.2) is 6.29 Å². The van der Waals surface area contributed by atoms with Crippen LogP contribution in [0, 0.1) is 0 Å². The lowest BCUT2D eigenvalue weighted by Crippen LogP contribution is -2.11. The number of hydrogen-bond acceptors (Lipinski definition) is 4. The molecule has 0 N–H and O–H groups in total. The Labute approximate surface area is 124 Å². The van der Waals surface area contributed by atoms with Crippen LogP contribution in [0.1, 0.15) is 10.4 Å². The summed E-state index contributed by atoms with van der Waals surface area (Å²) in [5, 5.41) is 0.982. The summed E-state index contributed by atoms with van der Waals surface area (Å²) < 4.78 is 17.8. The molecule has 2 rings (SSSR count). The molecule has 0 aliphatic heterocycles. The molecule has 21 heavy (non-hydrogen) atoms. The first-order valence-electron chi connectivity index (χ1n) is 7.04. The van der Waals surface area contributed by atoms with Crippen LogP contribution in [0.15, 0.2) is 30.5 Å². The molecular weight excluding hydrogens is 270 g/mol. The van der Waals surface area contributed by atoms with Gasteiger partial charge in [0, 0.05) is 36.3 Å². The molecule has 5 heteroatoms. The number of fused-ring (bicyclic) bond motifs is 1. The monoisotopic (exact) mass is 291 g/mol. The van der Waals surface area contributed by atoms with Crippen molar-refractivity contribution in [3.8, 4) is 0 Å². The number of aromatic nitrogens is 1. The summed E-state index contributed by atoms with van der Waals surface area (Å²) in [6.45, 7) is 3.71. The van der Waals surface area contributed by atoms with Crippen molar-refractivity contribution >= 4 is 17.2 Å². The predicted octanol–water partition coefficient (Wildman–Crippen LogP) is 2.13. The van der Waals surface area contributed by atoms with Crippen molar-refractivity contribution < 1.29 is 19.0 Å². The Morgan fingerprint density at radius 1 is 1.05 bits per heavy atom. The van der Waals surface area contributed by atoms with Crippen molar-refractivity contribution in [3.63, 3.8) is 0 Å². The second-order valence-electron chi connectivity index (χ2n) is 4.62. The maximum absolute atomic E-state index is 11.0. The van der Waals surface area contributed by atoms with E-state index in [1.54, 1.807) is 7.11 Å². The maximum Gasteiger partial charge on any atom is 0.150 e. The Balaban J connectivity index is 1.75. The number of rotatable bonds is 10. The summed E-state index contributed by atoms with van der Waals surface area (Å²) >= 11 is 0. The molecule has 0 saturated heterocycles. The predicted molar refractivity (Wildman–Crippen MR) is 80.8 cm³/mol. The zero-order valence-electron chi connectivity index (χ0n) is 12.3. The van der Waals surface area contributed by atoms with Crippen LogP contribution in [0.3, 0.4) is 0 Å². The van der Waals surface area contributed by atoms with Crippen molar-refractivity contribution in [1.29, 1.82) is 0 Å². The quantitative estimate of drug-likeness (QED) is 0.497. The SMILES string of the molecule is COCCOCCOCCn1ccc2c(C=O)cccc21. The fourth-order valence-corrected chi connectivity index (χ4v) is 2.17. The smallest absolute Gasteiger partial charge is 0.150 e. The van der Waals surface area contributed by atoms with Crippen LogP contribution in [0.4, 0.5) is 0 Å². The van der Waals surface area contributed by atoms with Gasteiger partial charge in [-0.1, -0.05) is 12.1 Å². The Hall–Kier alpha value is -1.69. The molecule has 114 valence electrons. The standard InChI is InChI=1S/C16H21NO4/c1-19-9-10-21-12-11-20-8-7-17-6-5-15-14(13-18)3-2-4-16(15)17/h2-6,13H,7-12H2,1H3. The van der Waals surface area contributed by atoms with Crippen molar-refractivity contribution in [2.45, 2.75) is 6.54 Å². The van der Waals surface area contributed by atoms with E-state index in [1.807, 2.05) is 30.5 Å². The maximum atomic E-state index is 11.0. The molecule has 1 aromatic carbocycles. The minimum atomic E-state index is 0.572. The zero-order valence-corrected chi connectivity index (χ0v) is 12.3. The van der Waals surface area contributed by atoms with Gasteiger partial charge in [0.05, 0.1) is 33.0 Å². The van der Waals surface area contributed by atoms with E-state index in [9.17, 15) is 4.79 Å². The first-order chi connectivity index (χ1) is 10.4. The Morgan fingerprint density at radius 2 is 1.81 bits per heavy atom. The van der Waals surface area contributed by atoms with Crippen LogP contribution in [0.25, 0.3) is 10.9 Å². The molecule has 0 bridgehead atoms. The molecule has 1 aromatic heterocycles. The van der Waals surface area contributed by atoms with E-state index >= 15 is 0 Å². The highest BCUT2D eigenvalue weighted by Crippen LogP contribution is 2.18. The molecule has 0 unspecified atom stereocenters. The molecule has 0 atom stereocenters. The Kier molecular flexibility index (Phi) is 6.40. The van der Waals surface area contributed by atoms with Gasteiger partial charge in [-0.25, -0.2) is 0 Å². The lowest BCUT2D eigenvalue weighted by molar-refractivity contribution is 0.0232. The summed E-state index contributed by atoms with van der Waals surface area (Å²) in [4.78, 5) is 11.0. The third-order valence-corrected chi connectivity index (χ3v) is 3.25. The molecule has 0 spiro atoms. The number of nitrogens with zero attached hydrogens (tertiary/aromatic N) is 1. The van der Waals surface area contributed by atoms with E-state index in [1.165, 1.54) is 0 Å². The topological polar surface area (TPSA) is 49.7 Å². The average Bonchev–Trinajstić information content (AvgIpc) is 2.93. The number of carbonyl (C=O) groups is 1. The third-order valence-electron chi connectivity index (χ3n) is 3.25. The molecule has 0 saturated carbocycles. The minimum absolute atomic E-state index is 0.572. The van der Waals surface area contributed by atoms with Crippen molar-refractivity contribution in [1.82, 2.24) is 4.57 Å². The average molecular weight is 291 g/mol. The first kappa shape index (κ1) is 15.7. The van der Waals surface area contributed by atoms with E-state index in [0.717, 1.165) is 29.3 Å². The highest BCUT2D eigenvalue weighted by Gasteiger charge is 2.04. The molecule has 0 amide bonds. The number of benzene rings is 1. The Bertz CT molecular complexity index is 564. The number of carbonyl (C=O) groups excluding carboxylic acids is 1. The van der Waals surface area contributed by atoms with Gasteiger partial charge in [-0.05, 0) is 12.1 Å². The van der Waals surface area contributed by atoms with Crippen LogP contribution in [0.2, 0.25) is 0 Å². The summed E-state index contributed by atoms with van der Waals surface area (Å²) in [5.41, 5.74) is 1.78. The molecule has 0 radical (unpaired) electrons. The second kappa shape index (κ2) is 8.56. The molecule has 1 heterocycles. The van der Waals surface area contributed by atoms with Gasteiger partial charge in [-0.3, -0.25) is 4.79 Å².